The number of aromatic amines is 1. The Morgan fingerprint density at radius 2 is 2.14 bits per heavy atom. The van der Waals surface area contributed by atoms with Gasteiger partial charge in [0.1, 0.15) is 0 Å². The minimum atomic E-state index is 0.640. The average Bonchev–Trinajstić information content (AvgIpc) is 2.96. The number of pyridine rings is 1. The summed E-state index contributed by atoms with van der Waals surface area (Å²) in [4.78, 5) is 4.13. The van der Waals surface area contributed by atoms with E-state index in [9.17, 15) is 0 Å². The predicted octanol–water partition coefficient (Wildman–Crippen LogP) is 4.34. The highest BCUT2D eigenvalue weighted by molar-refractivity contribution is 14.1. The summed E-state index contributed by atoms with van der Waals surface area (Å²) >= 11 is 8.47. The Bertz CT molecular complexity index is 742. The zero-order valence-electron chi connectivity index (χ0n) is 11.0. The molecule has 2 N–H and O–H groups in total. The topological polar surface area (TPSA) is 53.6 Å². The Hall–Kier alpha value is -1.60. The van der Waals surface area contributed by atoms with E-state index in [2.05, 4.69) is 43.1 Å². The third-order valence-electron chi connectivity index (χ3n) is 3.07. The monoisotopic (exact) mass is 410 g/mol. The van der Waals surface area contributed by atoms with E-state index in [-0.39, 0.29) is 0 Å². The molecule has 106 valence electrons. The molecule has 3 aromatic rings. The third kappa shape index (κ3) is 3.36. The number of hydrogen-bond donors (Lipinski definition) is 2. The van der Waals surface area contributed by atoms with Gasteiger partial charge in [-0.2, -0.15) is 5.10 Å². The lowest BCUT2D eigenvalue weighted by molar-refractivity contribution is 1.09. The molecule has 1 aromatic carbocycles. The quantitative estimate of drug-likeness (QED) is 0.629. The van der Waals surface area contributed by atoms with Crippen LogP contribution in [0.3, 0.4) is 0 Å². The van der Waals surface area contributed by atoms with Gasteiger partial charge < -0.3 is 5.32 Å². The van der Waals surface area contributed by atoms with Gasteiger partial charge in [-0.3, -0.25) is 10.1 Å². The number of halogens is 2. The van der Waals surface area contributed by atoms with Gasteiger partial charge in [0, 0.05) is 33.6 Å². The van der Waals surface area contributed by atoms with Crippen LogP contribution in [0.25, 0.3) is 11.3 Å². The second-order valence-electron chi connectivity index (χ2n) is 4.49. The molecule has 4 nitrogen and oxygen atoms in total. The van der Waals surface area contributed by atoms with Crippen LogP contribution in [-0.2, 0) is 6.54 Å². The van der Waals surface area contributed by atoms with E-state index in [1.165, 1.54) is 0 Å². The number of aromatic nitrogens is 3. The summed E-state index contributed by atoms with van der Waals surface area (Å²) < 4.78 is 1.11. The molecule has 6 heteroatoms. The molecule has 0 saturated heterocycles. The first kappa shape index (κ1) is 14.3. The van der Waals surface area contributed by atoms with E-state index in [0.717, 1.165) is 26.1 Å². The Labute approximate surface area is 141 Å². The Morgan fingerprint density at radius 1 is 1.24 bits per heavy atom. The number of anilines is 1. The smallest absolute Gasteiger partial charge is 0.0715 e. The van der Waals surface area contributed by atoms with Gasteiger partial charge in [-0.1, -0.05) is 11.6 Å². The van der Waals surface area contributed by atoms with Crippen molar-refractivity contribution in [2.45, 2.75) is 6.54 Å². The van der Waals surface area contributed by atoms with Gasteiger partial charge in [0.15, 0.2) is 0 Å². The number of benzene rings is 1. The Morgan fingerprint density at radius 3 is 2.90 bits per heavy atom. The van der Waals surface area contributed by atoms with E-state index >= 15 is 0 Å². The molecule has 2 heterocycles. The fraction of sp³-hybridized carbons (Fsp3) is 0.0667. The summed E-state index contributed by atoms with van der Waals surface area (Å²) in [6.45, 7) is 0.640. The van der Waals surface area contributed by atoms with Crippen molar-refractivity contribution in [3.63, 3.8) is 0 Å². The third-order valence-corrected chi connectivity index (χ3v) is 4.05. The largest absolute Gasteiger partial charge is 0.380 e. The summed E-state index contributed by atoms with van der Waals surface area (Å²) in [6, 6.07) is 9.84. The van der Waals surface area contributed by atoms with Crippen molar-refractivity contribution in [2.75, 3.05) is 5.32 Å². The molecule has 0 atom stereocenters. The first-order chi connectivity index (χ1) is 10.2. The van der Waals surface area contributed by atoms with Crippen LogP contribution < -0.4 is 5.32 Å². The van der Waals surface area contributed by atoms with Crippen molar-refractivity contribution in [1.82, 2.24) is 15.2 Å². The van der Waals surface area contributed by atoms with Gasteiger partial charge >= 0.3 is 0 Å². The minimum absolute atomic E-state index is 0.640. The molecule has 0 saturated carbocycles. The highest BCUT2D eigenvalue weighted by atomic mass is 127. The summed E-state index contributed by atoms with van der Waals surface area (Å²) in [5.41, 5.74) is 3.96. The van der Waals surface area contributed by atoms with Crippen LogP contribution >= 0.6 is 34.2 Å². The second kappa shape index (κ2) is 6.44. The Kier molecular flexibility index (Phi) is 4.40. The molecule has 21 heavy (non-hydrogen) atoms. The van der Waals surface area contributed by atoms with Crippen LogP contribution in [0.1, 0.15) is 5.56 Å². The van der Waals surface area contributed by atoms with Crippen LogP contribution in [-0.4, -0.2) is 15.2 Å². The molecule has 2 aromatic heterocycles. The van der Waals surface area contributed by atoms with Crippen molar-refractivity contribution in [3.05, 3.63) is 63.1 Å². The van der Waals surface area contributed by atoms with Gasteiger partial charge in [-0.15, -0.1) is 0 Å². The fourth-order valence-corrected chi connectivity index (χ4v) is 2.95. The zero-order valence-corrected chi connectivity index (χ0v) is 13.9. The first-order valence-corrected chi connectivity index (χ1v) is 7.81. The van der Waals surface area contributed by atoms with Gasteiger partial charge in [0.05, 0.1) is 22.6 Å². The maximum absolute atomic E-state index is 6.23. The van der Waals surface area contributed by atoms with Crippen LogP contribution in [0, 0.1) is 3.57 Å². The standard InChI is InChI=1S/C15H12ClIN4/c16-13-6-12(17)3-4-14(13)19-8-11-9-20-21-15(11)10-2-1-5-18-7-10/h1-7,9,19H,8H2,(H,20,21). The number of H-pyrrole nitrogens is 1. The summed E-state index contributed by atoms with van der Waals surface area (Å²) in [6.07, 6.45) is 5.38. The van der Waals surface area contributed by atoms with Gasteiger partial charge in [-0.25, -0.2) is 0 Å². The maximum Gasteiger partial charge on any atom is 0.0715 e. The summed E-state index contributed by atoms with van der Waals surface area (Å²) in [7, 11) is 0. The van der Waals surface area contributed by atoms with E-state index < -0.39 is 0 Å². The molecule has 0 unspecified atom stereocenters. The van der Waals surface area contributed by atoms with Crippen molar-refractivity contribution in [2.24, 2.45) is 0 Å². The van der Waals surface area contributed by atoms with Gasteiger partial charge in [0.2, 0.25) is 0 Å². The molecule has 0 bridgehead atoms. The lowest BCUT2D eigenvalue weighted by atomic mass is 10.1. The van der Waals surface area contributed by atoms with E-state index in [1.54, 1.807) is 6.20 Å². The molecule has 0 amide bonds. The second-order valence-corrected chi connectivity index (χ2v) is 6.14. The maximum atomic E-state index is 6.23. The molecule has 0 aliphatic rings. The van der Waals surface area contributed by atoms with Crippen molar-refractivity contribution < 1.29 is 0 Å². The molecular formula is C15H12ClIN4. The SMILES string of the molecule is Clc1cc(I)ccc1NCc1cn[nH]c1-c1cccnc1. The minimum Gasteiger partial charge on any atom is -0.380 e. The summed E-state index contributed by atoms with van der Waals surface area (Å²) in [5, 5.41) is 11.2. The van der Waals surface area contributed by atoms with E-state index in [0.29, 0.717) is 11.6 Å². The molecule has 3 rings (SSSR count). The molecule has 0 fully saturated rings. The number of hydrogen-bond acceptors (Lipinski definition) is 3. The normalized spacial score (nSPS) is 10.6. The van der Waals surface area contributed by atoms with Gasteiger partial charge in [0.25, 0.3) is 0 Å². The molecule has 0 aliphatic carbocycles. The van der Waals surface area contributed by atoms with Crippen molar-refractivity contribution in [3.8, 4) is 11.3 Å². The molecular weight excluding hydrogens is 399 g/mol. The fourth-order valence-electron chi connectivity index (χ4n) is 2.03. The van der Waals surface area contributed by atoms with Crippen LogP contribution in [0.5, 0.6) is 0 Å². The first-order valence-electron chi connectivity index (χ1n) is 6.35. The van der Waals surface area contributed by atoms with Gasteiger partial charge in [-0.05, 0) is 52.9 Å². The molecule has 0 aliphatic heterocycles. The number of nitrogens with one attached hydrogen (secondary N) is 2. The predicted molar refractivity (Wildman–Crippen MR) is 93.3 cm³/mol. The Balaban J connectivity index is 1.79. The van der Waals surface area contributed by atoms with E-state index in [1.807, 2.05) is 42.7 Å². The highest BCUT2D eigenvalue weighted by Crippen LogP contribution is 2.26. The number of rotatable bonds is 4. The van der Waals surface area contributed by atoms with Crippen LogP contribution in [0.15, 0.2) is 48.9 Å². The summed E-state index contributed by atoms with van der Waals surface area (Å²) in [5.74, 6) is 0. The number of nitrogens with zero attached hydrogens (tertiary/aromatic N) is 2. The zero-order chi connectivity index (χ0) is 14.7. The van der Waals surface area contributed by atoms with Crippen molar-refractivity contribution in [1.29, 1.82) is 0 Å². The lowest BCUT2D eigenvalue weighted by Gasteiger charge is -2.09. The van der Waals surface area contributed by atoms with Crippen LogP contribution in [0.2, 0.25) is 5.02 Å². The molecule has 0 spiro atoms. The average molecular weight is 411 g/mol. The lowest BCUT2D eigenvalue weighted by Crippen LogP contribution is -2.00. The highest BCUT2D eigenvalue weighted by Gasteiger charge is 2.08. The van der Waals surface area contributed by atoms with Crippen LogP contribution in [0.4, 0.5) is 5.69 Å². The van der Waals surface area contributed by atoms with E-state index in [4.69, 9.17) is 11.6 Å². The van der Waals surface area contributed by atoms with Crippen molar-refractivity contribution >= 4 is 39.9 Å². The molecule has 0 radical (unpaired) electrons.